The lowest BCUT2D eigenvalue weighted by Gasteiger charge is -1.92. The molecule has 4 rings (SSSR count). The van der Waals surface area contributed by atoms with Crippen molar-refractivity contribution in [2.75, 3.05) is 0 Å². The summed E-state index contributed by atoms with van der Waals surface area (Å²) in [5.74, 6) is -0.937. The van der Waals surface area contributed by atoms with E-state index < -0.39 is 11.2 Å². The number of carbonyl (C=O) groups excluding carboxylic acids is 1. The molecule has 0 saturated carbocycles. The van der Waals surface area contributed by atoms with Gasteiger partial charge in [0.1, 0.15) is 11.2 Å². The molecule has 2 aromatic heterocycles. The summed E-state index contributed by atoms with van der Waals surface area (Å²) in [6, 6.07) is 13.5. The summed E-state index contributed by atoms with van der Waals surface area (Å²) in [6.07, 6.45) is 3.11. The van der Waals surface area contributed by atoms with Crippen molar-refractivity contribution in [3.8, 4) is 0 Å². The standard InChI is InChI=1S/C9H5ClO2.C9H6O3/c2*10-9(11)7-2-1-6-3-4-12-8(6)5-7/h1-5H;1-5H,(H,10,11). The third-order valence-electron chi connectivity index (χ3n) is 3.39. The molecule has 0 unspecified atom stereocenters. The maximum Gasteiger partial charge on any atom is 0.335 e. The van der Waals surface area contributed by atoms with Crippen LogP contribution in [-0.2, 0) is 0 Å². The van der Waals surface area contributed by atoms with Crippen molar-refractivity contribution in [1.29, 1.82) is 0 Å². The third kappa shape index (κ3) is 3.31. The molecule has 0 aliphatic rings. The van der Waals surface area contributed by atoms with Gasteiger partial charge in [-0.05, 0) is 48.0 Å². The first kappa shape index (κ1) is 15.8. The monoisotopic (exact) mass is 342 g/mol. The van der Waals surface area contributed by atoms with Gasteiger partial charge in [0.05, 0.1) is 18.1 Å². The van der Waals surface area contributed by atoms with Gasteiger partial charge in [-0.25, -0.2) is 4.79 Å². The number of hydrogen-bond donors (Lipinski definition) is 1. The van der Waals surface area contributed by atoms with Gasteiger partial charge in [-0.3, -0.25) is 4.79 Å². The highest BCUT2D eigenvalue weighted by Crippen LogP contribution is 2.18. The van der Waals surface area contributed by atoms with Gasteiger partial charge in [0.15, 0.2) is 0 Å². The minimum Gasteiger partial charge on any atom is -0.478 e. The van der Waals surface area contributed by atoms with Crippen LogP contribution < -0.4 is 0 Å². The molecule has 0 fully saturated rings. The predicted molar refractivity (Wildman–Crippen MR) is 89.6 cm³/mol. The molecule has 120 valence electrons. The zero-order valence-electron chi connectivity index (χ0n) is 12.2. The zero-order valence-corrected chi connectivity index (χ0v) is 13.0. The lowest BCUT2D eigenvalue weighted by atomic mass is 10.2. The van der Waals surface area contributed by atoms with E-state index in [1.54, 1.807) is 42.7 Å². The molecule has 5 nitrogen and oxygen atoms in total. The van der Waals surface area contributed by atoms with E-state index in [2.05, 4.69) is 0 Å². The molecule has 0 bridgehead atoms. The van der Waals surface area contributed by atoms with Crippen molar-refractivity contribution in [3.05, 3.63) is 72.2 Å². The van der Waals surface area contributed by atoms with Crippen LogP contribution in [0.4, 0.5) is 0 Å². The van der Waals surface area contributed by atoms with Gasteiger partial charge in [0.2, 0.25) is 0 Å². The number of carbonyl (C=O) groups is 2. The molecule has 0 radical (unpaired) electrons. The fourth-order valence-electron chi connectivity index (χ4n) is 2.16. The maximum atomic E-state index is 10.7. The first-order chi connectivity index (χ1) is 11.5. The molecular formula is C18H11ClO5. The summed E-state index contributed by atoms with van der Waals surface area (Å²) in [4.78, 5) is 21.3. The predicted octanol–water partition coefficient (Wildman–Crippen LogP) is 4.94. The van der Waals surface area contributed by atoms with Crippen molar-refractivity contribution in [1.82, 2.24) is 0 Å². The summed E-state index contributed by atoms with van der Waals surface area (Å²) in [6.45, 7) is 0. The Morgan fingerprint density at radius 3 is 1.79 bits per heavy atom. The van der Waals surface area contributed by atoms with E-state index in [9.17, 15) is 9.59 Å². The van der Waals surface area contributed by atoms with Crippen LogP contribution in [0.3, 0.4) is 0 Å². The van der Waals surface area contributed by atoms with Gasteiger partial charge in [-0.15, -0.1) is 0 Å². The lowest BCUT2D eigenvalue weighted by Crippen LogP contribution is -1.94. The van der Waals surface area contributed by atoms with E-state index in [4.69, 9.17) is 25.5 Å². The van der Waals surface area contributed by atoms with Crippen LogP contribution in [0.25, 0.3) is 21.9 Å². The Bertz CT molecular complexity index is 944. The largest absolute Gasteiger partial charge is 0.478 e. The maximum absolute atomic E-state index is 10.7. The van der Waals surface area contributed by atoms with Gasteiger partial charge >= 0.3 is 5.97 Å². The van der Waals surface area contributed by atoms with Crippen molar-refractivity contribution in [3.63, 3.8) is 0 Å². The van der Waals surface area contributed by atoms with Crippen LogP contribution in [0.1, 0.15) is 20.7 Å². The zero-order chi connectivity index (χ0) is 17.1. The Labute approximate surface area is 141 Å². The van der Waals surface area contributed by atoms with Crippen LogP contribution >= 0.6 is 11.6 Å². The molecule has 0 aliphatic carbocycles. The minimum atomic E-state index is -0.937. The van der Waals surface area contributed by atoms with Crippen LogP contribution in [-0.4, -0.2) is 16.3 Å². The van der Waals surface area contributed by atoms with E-state index in [0.29, 0.717) is 16.7 Å². The summed E-state index contributed by atoms with van der Waals surface area (Å²) < 4.78 is 10.1. The topological polar surface area (TPSA) is 80.7 Å². The molecule has 2 aromatic carbocycles. The van der Waals surface area contributed by atoms with E-state index in [1.165, 1.54) is 12.3 Å². The highest BCUT2D eigenvalue weighted by molar-refractivity contribution is 6.67. The number of halogens is 1. The summed E-state index contributed by atoms with van der Waals surface area (Å²) in [5, 5.41) is 10.1. The van der Waals surface area contributed by atoms with E-state index in [1.807, 2.05) is 6.07 Å². The third-order valence-corrected chi connectivity index (χ3v) is 3.60. The lowest BCUT2D eigenvalue weighted by molar-refractivity contribution is 0.0696. The second kappa shape index (κ2) is 6.60. The molecular weight excluding hydrogens is 332 g/mol. The molecule has 0 aliphatic heterocycles. The molecule has 2 heterocycles. The Hall–Kier alpha value is -3.05. The molecule has 0 amide bonds. The number of furan rings is 2. The first-order valence-electron chi connectivity index (χ1n) is 6.92. The van der Waals surface area contributed by atoms with Crippen molar-refractivity contribution < 1.29 is 23.5 Å². The molecule has 1 N–H and O–H groups in total. The van der Waals surface area contributed by atoms with Crippen molar-refractivity contribution in [2.45, 2.75) is 0 Å². The number of hydrogen-bond acceptors (Lipinski definition) is 4. The average molecular weight is 343 g/mol. The van der Waals surface area contributed by atoms with Crippen LogP contribution in [0.15, 0.2) is 69.9 Å². The number of fused-ring (bicyclic) bond motifs is 2. The summed E-state index contributed by atoms with van der Waals surface area (Å²) in [7, 11) is 0. The molecule has 0 atom stereocenters. The number of benzene rings is 2. The van der Waals surface area contributed by atoms with Crippen LogP contribution in [0.2, 0.25) is 0 Å². The van der Waals surface area contributed by atoms with Crippen molar-refractivity contribution in [2.24, 2.45) is 0 Å². The highest BCUT2D eigenvalue weighted by Gasteiger charge is 2.04. The molecule has 24 heavy (non-hydrogen) atoms. The Balaban J connectivity index is 0.000000141. The average Bonchev–Trinajstić information content (AvgIpc) is 3.22. The molecule has 4 aromatic rings. The first-order valence-corrected chi connectivity index (χ1v) is 7.30. The molecule has 0 spiro atoms. The van der Waals surface area contributed by atoms with Gasteiger partial charge in [-0.1, -0.05) is 12.1 Å². The summed E-state index contributed by atoms with van der Waals surface area (Å²) >= 11 is 5.29. The Morgan fingerprint density at radius 2 is 1.29 bits per heavy atom. The number of aromatic carboxylic acids is 1. The smallest absolute Gasteiger partial charge is 0.335 e. The van der Waals surface area contributed by atoms with E-state index >= 15 is 0 Å². The second-order valence-corrected chi connectivity index (χ2v) is 5.27. The quantitative estimate of drug-likeness (QED) is 0.522. The fraction of sp³-hybridized carbons (Fsp3) is 0. The van der Waals surface area contributed by atoms with Gasteiger partial charge in [-0.2, -0.15) is 0 Å². The van der Waals surface area contributed by atoms with E-state index in [0.717, 1.165) is 10.8 Å². The van der Waals surface area contributed by atoms with Gasteiger partial charge < -0.3 is 13.9 Å². The number of carboxylic acid groups (broad SMARTS) is 1. The second-order valence-electron chi connectivity index (χ2n) is 4.93. The Morgan fingerprint density at radius 1 is 0.792 bits per heavy atom. The van der Waals surface area contributed by atoms with Gasteiger partial charge in [0, 0.05) is 16.3 Å². The van der Waals surface area contributed by atoms with Crippen LogP contribution in [0.5, 0.6) is 0 Å². The van der Waals surface area contributed by atoms with Crippen LogP contribution in [0, 0.1) is 0 Å². The normalized spacial score (nSPS) is 10.4. The molecule has 6 heteroatoms. The van der Waals surface area contributed by atoms with E-state index in [-0.39, 0.29) is 5.56 Å². The Kier molecular flexibility index (Phi) is 4.35. The minimum absolute atomic E-state index is 0.248. The van der Waals surface area contributed by atoms with Crippen molar-refractivity contribution >= 4 is 44.8 Å². The SMILES string of the molecule is O=C(Cl)c1ccc2ccoc2c1.O=C(O)c1ccc2ccoc2c1. The number of carboxylic acids is 1. The summed E-state index contributed by atoms with van der Waals surface area (Å²) in [5.41, 5.74) is 1.99. The number of rotatable bonds is 2. The fourth-order valence-corrected chi connectivity index (χ4v) is 2.28. The van der Waals surface area contributed by atoms with Gasteiger partial charge in [0.25, 0.3) is 5.24 Å². The highest BCUT2D eigenvalue weighted by atomic mass is 35.5. The molecule has 0 saturated heterocycles.